The van der Waals surface area contributed by atoms with Gasteiger partial charge in [-0.1, -0.05) is 32.1 Å². The topological polar surface area (TPSA) is 132 Å². The quantitative estimate of drug-likeness (QED) is 0.428. The van der Waals surface area contributed by atoms with Crippen LogP contribution < -0.4 is 16.9 Å². The molecule has 1 fully saturated rings. The van der Waals surface area contributed by atoms with Gasteiger partial charge in [0.15, 0.2) is 11.5 Å². The first-order valence-electron chi connectivity index (χ1n) is 12.2. The van der Waals surface area contributed by atoms with Crippen LogP contribution in [0.1, 0.15) is 84.2 Å². The fourth-order valence-electron chi connectivity index (χ4n) is 4.57. The van der Waals surface area contributed by atoms with Crippen molar-refractivity contribution >= 4 is 17.6 Å². The Kier molecular flexibility index (Phi) is 7.38. The number of amides is 2. The molecule has 5 N–H and O–H groups in total. The molecule has 0 spiro atoms. The van der Waals surface area contributed by atoms with E-state index in [9.17, 15) is 9.59 Å². The number of benzene rings is 1. The zero-order valence-electron chi connectivity index (χ0n) is 20.9. The average Bonchev–Trinajstić information content (AvgIpc) is 3.22. The predicted octanol–water partition coefficient (Wildman–Crippen LogP) is 4.19. The van der Waals surface area contributed by atoms with Gasteiger partial charge in [0.2, 0.25) is 0 Å². The molecule has 0 radical (unpaired) electrons. The molecule has 1 aromatic carbocycles. The zero-order chi connectivity index (χ0) is 25.8. The Bertz CT molecular complexity index is 1280. The third-order valence-corrected chi connectivity index (χ3v) is 6.47. The Hall–Kier alpha value is -4.14. The monoisotopic (exact) mass is 487 g/mol. The van der Waals surface area contributed by atoms with Gasteiger partial charge in [0.25, 0.3) is 11.8 Å². The molecule has 1 atom stereocenters. The second-order valence-electron chi connectivity index (χ2n) is 9.29. The fraction of sp³-hybridized carbons (Fsp3) is 0.333. The van der Waals surface area contributed by atoms with E-state index in [1.807, 2.05) is 31.3 Å². The fourth-order valence-corrected chi connectivity index (χ4v) is 4.57. The Labute approximate surface area is 211 Å². The van der Waals surface area contributed by atoms with Crippen molar-refractivity contribution in [3.63, 3.8) is 0 Å². The average molecular weight is 488 g/mol. The lowest BCUT2D eigenvalue weighted by Crippen LogP contribution is -2.33. The third kappa shape index (κ3) is 5.10. The van der Waals surface area contributed by atoms with Crippen LogP contribution in [0, 0.1) is 0 Å². The highest BCUT2D eigenvalue weighted by molar-refractivity contribution is 6.04. The largest absolute Gasteiger partial charge is 0.368 e. The summed E-state index contributed by atoms with van der Waals surface area (Å²) in [6.07, 6.45) is 8.71. The maximum atomic E-state index is 12.8. The number of nitrogen functional groups attached to an aromatic ring is 1. The molecule has 188 valence electrons. The summed E-state index contributed by atoms with van der Waals surface area (Å²) in [5.41, 5.74) is 8.45. The van der Waals surface area contributed by atoms with Crippen LogP contribution in [0.15, 0.2) is 54.9 Å². The van der Waals surface area contributed by atoms with Crippen molar-refractivity contribution < 1.29 is 9.59 Å². The van der Waals surface area contributed by atoms with Gasteiger partial charge in [-0.2, -0.15) is 0 Å². The molecule has 3 heterocycles. The molecule has 9 heteroatoms. The Morgan fingerprint density at radius 1 is 1.17 bits per heavy atom. The van der Waals surface area contributed by atoms with Gasteiger partial charge in [0.1, 0.15) is 11.5 Å². The molecule has 36 heavy (non-hydrogen) atoms. The number of hydrogen-bond acceptors (Lipinski definition) is 6. The standard InChI is InChI=1S/C27H33N7O2/c1-4-14-33-15-6-5-7-21(33)26-32-23(24(25(28)35)34(26)29)18-8-10-19(11-9-18)27(36)31-22-16-20(17(2)3)12-13-30-22/h4,8-14,16-17,21H,5-7,15,29H2,1-3H3,(H2,28,35)(H,30,31,36)/t21-/m0/s1. The van der Waals surface area contributed by atoms with E-state index in [4.69, 9.17) is 16.6 Å². The molecule has 0 saturated carbocycles. The van der Waals surface area contributed by atoms with E-state index in [1.54, 1.807) is 30.5 Å². The van der Waals surface area contributed by atoms with Crippen LogP contribution in [0.2, 0.25) is 0 Å². The van der Waals surface area contributed by atoms with Crippen molar-refractivity contribution in [2.45, 2.75) is 52.0 Å². The van der Waals surface area contributed by atoms with Crippen LogP contribution in [0.5, 0.6) is 0 Å². The van der Waals surface area contributed by atoms with Crippen molar-refractivity contribution in [2.24, 2.45) is 5.73 Å². The minimum Gasteiger partial charge on any atom is -0.368 e. The molecule has 0 bridgehead atoms. The second-order valence-corrected chi connectivity index (χ2v) is 9.29. The van der Waals surface area contributed by atoms with E-state index in [0.717, 1.165) is 31.4 Å². The number of imidazole rings is 1. The van der Waals surface area contributed by atoms with Gasteiger partial charge in [0.05, 0.1) is 6.04 Å². The van der Waals surface area contributed by atoms with E-state index in [2.05, 4.69) is 29.0 Å². The number of hydrogen-bond donors (Lipinski definition) is 3. The summed E-state index contributed by atoms with van der Waals surface area (Å²) < 4.78 is 1.32. The van der Waals surface area contributed by atoms with Crippen LogP contribution in [0.4, 0.5) is 5.82 Å². The van der Waals surface area contributed by atoms with Crippen molar-refractivity contribution in [1.82, 2.24) is 19.5 Å². The summed E-state index contributed by atoms with van der Waals surface area (Å²) in [6.45, 7) is 7.03. The van der Waals surface area contributed by atoms with Crippen molar-refractivity contribution in [3.8, 4) is 11.3 Å². The van der Waals surface area contributed by atoms with E-state index in [1.165, 1.54) is 4.68 Å². The van der Waals surface area contributed by atoms with E-state index < -0.39 is 5.91 Å². The Morgan fingerprint density at radius 2 is 1.92 bits per heavy atom. The van der Waals surface area contributed by atoms with Gasteiger partial charge in [-0.25, -0.2) is 14.6 Å². The highest BCUT2D eigenvalue weighted by Gasteiger charge is 2.30. The molecular formula is C27H33N7O2. The van der Waals surface area contributed by atoms with E-state index >= 15 is 0 Å². The first-order valence-corrected chi connectivity index (χ1v) is 12.2. The highest BCUT2D eigenvalue weighted by Crippen LogP contribution is 2.33. The second kappa shape index (κ2) is 10.6. The lowest BCUT2D eigenvalue weighted by Gasteiger charge is -2.34. The van der Waals surface area contributed by atoms with Crippen LogP contribution in [-0.2, 0) is 0 Å². The summed E-state index contributed by atoms with van der Waals surface area (Å²) in [6, 6.07) is 10.6. The Balaban J connectivity index is 1.61. The smallest absolute Gasteiger partial charge is 0.269 e. The molecule has 0 aliphatic carbocycles. The first kappa shape index (κ1) is 25.0. The van der Waals surface area contributed by atoms with Gasteiger partial charge >= 0.3 is 0 Å². The maximum absolute atomic E-state index is 12.8. The molecular weight excluding hydrogens is 454 g/mol. The van der Waals surface area contributed by atoms with Gasteiger partial charge in [0, 0.05) is 23.9 Å². The third-order valence-electron chi connectivity index (χ3n) is 6.47. The van der Waals surface area contributed by atoms with Crippen LogP contribution in [0.3, 0.4) is 0 Å². The first-order chi connectivity index (χ1) is 17.3. The van der Waals surface area contributed by atoms with E-state index in [0.29, 0.717) is 34.4 Å². The van der Waals surface area contributed by atoms with Gasteiger partial charge < -0.3 is 21.8 Å². The molecule has 1 aliphatic rings. The van der Waals surface area contributed by atoms with Crippen LogP contribution in [-0.4, -0.2) is 37.9 Å². The summed E-state index contributed by atoms with van der Waals surface area (Å²) >= 11 is 0. The van der Waals surface area contributed by atoms with Crippen LogP contribution in [0.25, 0.3) is 11.3 Å². The lowest BCUT2D eigenvalue weighted by atomic mass is 10.0. The van der Waals surface area contributed by atoms with Crippen molar-refractivity contribution in [2.75, 3.05) is 17.7 Å². The summed E-state index contributed by atoms with van der Waals surface area (Å²) in [5.74, 6) is 6.84. The van der Waals surface area contributed by atoms with Gasteiger partial charge in [-0.3, -0.25) is 9.59 Å². The number of carbonyl (C=O) groups excluding carboxylic acids is 2. The number of carbonyl (C=O) groups is 2. The van der Waals surface area contributed by atoms with Gasteiger partial charge in [-0.15, -0.1) is 0 Å². The normalized spacial score (nSPS) is 16.0. The number of primary amides is 1. The van der Waals surface area contributed by atoms with Gasteiger partial charge in [-0.05, 0) is 68.1 Å². The molecule has 9 nitrogen and oxygen atoms in total. The predicted molar refractivity (Wildman–Crippen MR) is 141 cm³/mol. The molecule has 0 unspecified atom stereocenters. The molecule has 2 aromatic heterocycles. The number of piperidine rings is 1. The van der Waals surface area contributed by atoms with Crippen molar-refractivity contribution in [3.05, 3.63) is 77.5 Å². The zero-order valence-corrected chi connectivity index (χ0v) is 20.9. The number of allylic oxidation sites excluding steroid dienone is 1. The van der Waals surface area contributed by atoms with Crippen molar-refractivity contribution in [1.29, 1.82) is 0 Å². The molecule has 1 aliphatic heterocycles. The van der Waals surface area contributed by atoms with Crippen LogP contribution >= 0.6 is 0 Å². The number of nitrogens with two attached hydrogens (primary N) is 2. The summed E-state index contributed by atoms with van der Waals surface area (Å²) in [7, 11) is 0. The highest BCUT2D eigenvalue weighted by atomic mass is 16.2. The summed E-state index contributed by atoms with van der Waals surface area (Å²) in [5, 5.41) is 2.84. The molecule has 4 rings (SSSR count). The lowest BCUT2D eigenvalue weighted by molar-refractivity contribution is 0.0990. The number of nitrogens with zero attached hydrogens (tertiary/aromatic N) is 4. The number of likely N-dealkylation sites (tertiary alicyclic amines) is 1. The summed E-state index contributed by atoms with van der Waals surface area (Å²) in [4.78, 5) is 36.4. The SMILES string of the molecule is CC=CN1CCCC[C@H]1c1nc(-c2ccc(C(=O)Nc3cc(C(C)C)ccn3)cc2)c(C(N)=O)n1N. The minimum absolute atomic E-state index is 0.0500. The number of pyridine rings is 1. The maximum Gasteiger partial charge on any atom is 0.269 e. The molecule has 1 saturated heterocycles. The Morgan fingerprint density at radius 3 is 2.58 bits per heavy atom. The number of anilines is 1. The number of nitrogens with one attached hydrogen (secondary N) is 1. The number of aromatic nitrogens is 3. The van der Waals surface area contributed by atoms with E-state index in [-0.39, 0.29) is 17.6 Å². The number of rotatable bonds is 7. The molecule has 3 aromatic rings. The minimum atomic E-state index is -0.655. The molecule has 2 amide bonds.